The van der Waals surface area contributed by atoms with Crippen LogP contribution >= 0.6 is 11.3 Å². The van der Waals surface area contributed by atoms with E-state index in [9.17, 15) is 26.3 Å². The third-order valence-corrected chi connectivity index (χ3v) is 2.67. The van der Waals surface area contributed by atoms with Crippen molar-refractivity contribution in [2.24, 2.45) is 0 Å². The Morgan fingerprint density at radius 2 is 1.60 bits per heavy atom. The number of rotatable bonds is 1. The molecule has 0 aliphatic heterocycles. The van der Waals surface area contributed by atoms with Gasteiger partial charge in [-0.05, 0) is 12.1 Å². The summed E-state index contributed by atoms with van der Waals surface area (Å²) in [6, 6.07) is 1.13. The van der Waals surface area contributed by atoms with Crippen molar-refractivity contribution in [3.8, 4) is 0 Å². The van der Waals surface area contributed by atoms with E-state index in [1.54, 1.807) is 0 Å². The second-order valence-electron chi connectivity index (χ2n) is 2.64. The van der Waals surface area contributed by atoms with Gasteiger partial charge in [0.05, 0.1) is 0 Å². The highest BCUT2D eigenvalue weighted by molar-refractivity contribution is 7.12. The minimum absolute atomic E-state index is 0.120. The van der Waals surface area contributed by atoms with Crippen LogP contribution in [0.15, 0.2) is 12.1 Å². The van der Waals surface area contributed by atoms with E-state index in [4.69, 9.17) is 5.11 Å². The van der Waals surface area contributed by atoms with Crippen molar-refractivity contribution in [3.63, 3.8) is 0 Å². The van der Waals surface area contributed by atoms with Crippen LogP contribution in [0.25, 0.3) is 0 Å². The summed E-state index contributed by atoms with van der Waals surface area (Å²) in [4.78, 5) is -1.93. The molecule has 1 aromatic heterocycles. The summed E-state index contributed by atoms with van der Waals surface area (Å²) in [5, 5.41) is 8.65. The van der Waals surface area contributed by atoms with Crippen molar-refractivity contribution in [1.82, 2.24) is 0 Å². The van der Waals surface area contributed by atoms with E-state index in [1.165, 1.54) is 0 Å². The van der Waals surface area contributed by atoms with Crippen LogP contribution in [-0.4, -0.2) is 11.3 Å². The first-order valence-electron chi connectivity index (χ1n) is 3.54. The molecule has 0 saturated heterocycles. The smallest absolute Gasteiger partial charge is 0.379 e. The fourth-order valence-corrected chi connectivity index (χ4v) is 1.70. The molecule has 0 radical (unpaired) electrons. The quantitative estimate of drug-likeness (QED) is 0.758. The lowest BCUT2D eigenvalue weighted by molar-refractivity contribution is -0.205. The number of hydrogen-bond acceptors (Lipinski definition) is 2. The molecule has 1 aromatic rings. The summed E-state index contributed by atoms with van der Waals surface area (Å²) < 4.78 is 71.8. The van der Waals surface area contributed by atoms with E-state index >= 15 is 0 Å². The van der Waals surface area contributed by atoms with E-state index in [0.717, 1.165) is 0 Å². The van der Waals surface area contributed by atoms with E-state index in [1.807, 2.05) is 0 Å². The van der Waals surface area contributed by atoms with Crippen LogP contribution in [0.3, 0.4) is 0 Å². The molecule has 0 amide bonds. The molecule has 0 aliphatic rings. The maximum absolute atomic E-state index is 12.0. The Hall–Kier alpha value is -0.760. The molecule has 0 bridgehead atoms. The normalized spacial score (nSPS) is 15.4. The first kappa shape index (κ1) is 12.3. The molecule has 1 nitrogen and oxygen atoms in total. The summed E-state index contributed by atoms with van der Waals surface area (Å²) in [7, 11) is 0. The molecule has 1 heterocycles. The molecular weight excluding hydrogens is 246 g/mol. The zero-order chi connectivity index (χ0) is 11.9. The Balaban J connectivity index is 2.95. The molecule has 1 atom stereocenters. The fourth-order valence-electron chi connectivity index (χ4n) is 0.813. The van der Waals surface area contributed by atoms with Crippen molar-refractivity contribution in [2.75, 3.05) is 0 Å². The number of hydrogen-bond donors (Lipinski definition) is 1. The largest absolute Gasteiger partial charge is 0.425 e. The molecule has 0 aliphatic carbocycles. The van der Waals surface area contributed by atoms with Crippen molar-refractivity contribution in [2.45, 2.75) is 18.5 Å². The average molecular weight is 250 g/mol. The number of thiophene rings is 1. The van der Waals surface area contributed by atoms with Gasteiger partial charge in [-0.3, -0.25) is 0 Å². The van der Waals surface area contributed by atoms with Crippen LogP contribution in [0.2, 0.25) is 0 Å². The summed E-state index contributed by atoms with van der Waals surface area (Å²) >= 11 is -0.120. The Bertz CT molecular complexity index is 338. The molecule has 1 N–H and O–H groups in total. The van der Waals surface area contributed by atoms with Gasteiger partial charge in [0, 0.05) is 4.88 Å². The zero-order valence-electron chi connectivity index (χ0n) is 6.86. The molecule has 0 aromatic carbocycles. The fraction of sp³-hybridized carbons (Fsp3) is 0.429. The van der Waals surface area contributed by atoms with Crippen LogP contribution in [0.5, 0.6) is 0 Å². The first-order valence-corrected chi connectivity index (χ1v) is 4.35. The maximum atomic E-state index is 12.0. The highest BCUT2D eigenvalue weighted by Gasteiger charge is 2.42. The highest BCUT2D eigenvalue weighted by atomic mass is 32.1. The van der Waals surface area contributed by atoms with Crippen molar-refractivity contribution < 1.29 is 31.4 Å². The molecule has 0 spiro atoms. The maximum Gasteiger partial charge on any atom is 0.425 e. The van der Waals surface area contributed by atoms with Gasteiger partial charge in [-0.25, -0.2) is 0 Å². The van der Waals surface area contributed by atoms with Gasteiger partial charge in [0.25, 0.3) is 0 Å². The van der Waals surface area contributed by atoms with Crippen LogP contribution in [0, 0.1) is 0 Å². The Labute approximate surface area is 84.0 Å². The topological polar surface area (TPSA) is 20.2 Å². The molecule has 0 saturated carbocycles. The van der Waals surface area contributed by atoms with Crippen LogP contribution in [-0.2, 0) is 6.18 Å². The predicted molar refractivity (Wildman–Crippen MR) is 40.3 cm³/mol. The van der Waals surface area contributed by atoms with E-state index < -0.39 is 28.2 Å². The van der Waals surface area contributed by atoms with Crippen molar-refractivity contribution in [1.29, 1.82) is 0 Å². The summed E-state index contributed by atoms with van der Waals surface area (Å²) in [6.07, 6.45) is -12.5. The molecule has 0 unspecified atom stereocenters. The minimum Gasteiger partial charge on any atom is -0.379 e. The molecule has 0 fully saturated rings. The Morgan fingerprint density at radius 3 is 1.93 bits per heavy atom. The Kier molecular flexibility index (Phi) is 3.01. The van der Waals surface area contributed by atoms with Gasteiger partial charge in [0.2, 0.25) is 0 Å². The second kappa shape index (κ2) is 3.67. The van der Waals surface area contributed by atoms with Gasteiger partial charge in [-0.1, -0.05) is 0 Å². The highest BCUT2D eigenvalue weighted by Crippen LogP contribution is 2.40. The molecule has 86 valence electrons. The number of halogens is 6. The van der Waals surface area contributed by atoms with Crippen molar-refractivity contribution in [3.05, 3.63) is 21.9 Å². The lowest BCUT2D eigenvalue weighted by Gasteiger charge is -2.12. The molecule has 1 rings (SSSR count). The third kappa shape index (κ3) is 2.85. The number of aliphatic hydroxyl groups is 1. The van der Waals surface area contributed by atoms with Gasteiger partial charge in [0.1, 0.15) is 4.88 Å². The number of alkyl halides is 6. The lowest BCUT2D eigenvalue weighted by atomic mass is 10.3. The standard InChI is InChI=1S/C7H4F6OS/c8-6(9,10)4-2-1-3(15-4)5(14)7(11,12)13/h1-2,5,14H/t5-/m0/s1. The van der Waals surface area contributed by atoms with Crippen molar-refractivity contribution >= 4 is 11.3 Å². The second-order valence-corrected chi connectivity index (χ2v) is 3.76. The van der Waals surface area contributed by atoms with Crippen LogP contribution < -0.4 is 0 Å². The Morgan fingerprint density at radius 1 is 1.07 bits per heavy atom. The first-order chi connectivity index (χ1) is 6.62. The minimum atomic E-state index is -4.95. The van der Waals surface area contributed by atoms with E-state index in [-0.39, 0.29) is 11.3 Å². The summed E-state index contributed by atoms with van der Waals surface area (Å²) in [5.41, 5.74) is 0. The molecular formula is C7H4F6OS. The monoisotopic (exact) mass is 250 g/mol. The zero-order valence-corrected chi connectivity index (χ0v) is 7.67. The summed E-state index contributed by atoms with van der Waals surface area (Å²) in [5.74, 6) is 0. The third-order valence-electron chi connectivity index (χ3n) is 1.49. The molecule has 15 heavy (non-hydrogen) atoms. The van der Waals surface area contributed by atoms with E-state index in [2.05, 4.69) is 0 Å². The van der Waals surface area contributed by atoms with Gasteiger partial charge < -0.3 is 5.11 Å². The van der Waals surface area contributed by atoms with Gasteiger partial charge in [-0.2, -0.15) is 26.3 Å². The van der Waals surface area contributed by atoms with Gasteiger partial charge >= 0.3 is 12.4 Å². The lowest BCUT2D eigenvalue weighted by Crippen LogP contribution is -2.19. The van der Waals surface area contributed by atoms with Gasteiger partial charge in [0.15, 0.2) is 6.10 Å². The SMILES string of the molecule is O[C@@H](c1ccc(C(F)(F)F)s1)C(F)(F)F. The summed E-state index contributed by atoms with van der Waals surface area (Å²) in [6.45, 7) is 0. The number of aliphatic hydroxyl groups excluding tert-OH is 1. The van der Waals surface area contributed by atoms with E-state index in [0.29, 0.717) is 12.1 Å². The predicted octanol–water partition coefficient (Wildman–Crippen LogP) is 3.36. The molecule has 8 heteroatoms. The van der Waals surface area contributed by atoms with Crippen LogP contribution in [0.1, 0.15) is 15.9 Å². The average Bonchev–Trinajstić information content (AvgIpc) is 2.47. The van der Waals surface area contributed by atoms with Crippen LogP contribution in [0.4, 0.5) is 26.3 Å². The van der Waals surface area contributed by atoms with Gasteiger partial charge in [-0.15, -0.1) is 11.3 Å².